The van der Waals surface area contributed by atoms with Crippen molar-refractivity contribution in [2.75, 3.05) is 5.32 Å². The molecule has 0 aliphatic heterocycles. The van der Waals surface area contributed by atoms with E-state index in [2.05, 4.69) is 22.6 Å². The van der Waals surface area contributed by atoms with Crippen molar-refractivity contribution in [3.8, 4) is 0 Å². The van der Waals surface area contributed by atoms with Crippen LogP contribution < -0.4 is 5.32 Å². The van der Waals surface area contributed by atoms with E-state index < -0.39 is 0 Å². The zero-order chi connectivity index (χ0) is 14.5. The fourth-order valence-electron chi connectivity index (χ4n) is 2.64. The summed E-state index contributed by atoms with van der Waals surface area (Å²) in [5.41, 5.74) is 1.98. The topological polar surface area (TPSA) is 46.9 Å². The van der Waals surface area contributed by atoms with Crippen molar-refractivity contribution in [1.82, 2.24) is 9.78 Å². The molecule has 21 heavy (non-hydrogen) atoms. The SMILES string of the molecule is O=C(CC1C=CCC1)Nc1cccc(Cn2cccn2)c1. The third-order valence-corrected chi connectivity index (χ3v) is 3.67. The Morgan fingerprint density at radius 3 is 3.10 bits per heavy atom. The lowest BCUT2D eigenvalue weighted by molar-refractivity contribution is -0.116. The summed E-state index contributed by atoms with van der Waals surface area (Å²) < 4.78 is 1.87. The molecule has 0 fully saturated rings. The zero-order valence-electron chi connectivity index (χ0n) is 11.9. The van der Waals surface area contributed by atoms with Gasteiger partial charge in [0.1, 0.15) is 0 Å². The Morgan fingerprint density at radius 1 is 1.38 bits per heavy atom. The van der Waals surface area contributed by atoms with Crippen LogP contribution in [0.1, 0.15) is 24.8 Å². The second kappa shape index (κ2) is 6.39. The molecule has 1 heterocycles. The highest BCUT2D eigenvalue weighted by Gasteiger charge is 2.14. The van der Waals surface area contributed by atoms with Crippen LogP contribution in [0.5, 0.6) is 0 Å². The van der Waals surface area contributed by atoms with E-state index in [0.29, 0.717) is 18.9 Å². The van der Waals surface area contributed by atoms with E-state index in [-0.39, 0.29) is 5.91 Å². The highest BCUT2D eigenvalue weighted by molar-refractivity contribution is 5.91. The maximum atomic E-state index is 12.0. The molecule has 4 heteroatoms. The first-order valence-corrected chi connectivity index (χ1v) is 7.32. The molecule has 4 nitrogen and oxygen atoms in total. The molecule has 0 radical (unpaired) electrons. The number of benzene rings is 1. The Labute approximate surface area is 124 Å². The minimum absolute atomic E-state index is 0.0859. The van der Waals surface area contributed by atoms with Gasteiger partial charge in [0.25, 0.3) is 0 Å². The van der Waals surface area contributed by atoms with E-state index in [4.69, 9.17) is 0 Å². The molecule has 0 saturated carbocycles. The van der Waals surface area contributed by atoms with Gasteiger partial charge in [-0.2, -0.15) is 5.10 Å². The molecule has 1 atom stereocenters. The fraction of sp³-hybridized carbons (Fsp3) is 0.294. The Morgan fingerprint density at radius 2 is 2.33 bits per heavy atom. The Balaban J connectivity index is 1.60. The molecule has 108 valence electrons. The number of anilines is 1. The minimum atomic E-state index is 0.0859. The normalized spacial score (nSPS) is 17.0. The second-order valence-electron chi connectivity index (χ2n) is 5.42. The highest BCUT2D eigenvalue weighted by atomic mass is 16.1. The number of carbonyl (C=O) groups excluding carboxylic acids is 1. The van der Waals surface area contributed by atoms with Gasteiger partial charge in [0.15, 0.2) is 0 Å². The van der Waals surface area contributed by atoms with Crippen molar-refractivity contribution >= 4 is 11.6 Å². The van der Waals surface area contributed by atoms with E-state index in [1.54, 1.807) is 6.20 Å². The van der Waals surface area contributed by atoms with E-state index >= 15 is 0 Å². The lowest BCUT2D eigenvalue weighted by Crippen LogP contribution is -2.15. The number of carbonyl (C=O) groups is 1. The molecule has 1 amide bonds. The molecule has 2 aromatic rings. The van der Waals surface area contributed by atoms with Crippen LogP contribution in [-0.2, 0) is 11.3 Å². The monoisotopic (exact) mass is 281 g/mol. The third kappa shape index (κ3) is 3.81. The molecule has 1 aromatic carbocycles. The van der Waals surface area contributed by atoms with Crippen molar-refractivity contribution in [2.24, 2.45) is 5.92 Å². The molecule has 1 aliphatic carbocycles. The lowest BCUT2D eigenvalue weighted by Gasteiger charge is -2.10. The fourth-order valence-corrected chi connectivity index (χ4v) is 2.64. The van der Waals surface area contributed by atoms with Gasteiger partial charge in [-0.15, -0.1) is 0 Å². The van der Waals surface area contributed by atoms with Crippen LogP contribution in [0.2, 0.25) is 0 Å². The van der Waals surface area contributed by atoms with Gasteiger partial charge in [0, 0.05) is 24.5 Å². The highest BCUT2D eigenvalue weighted by Crippen LogP contribution is 2.21. The smallest absolute Gasteiger partial charge is 0.224 e. The average Bonchev–Trinajstić information content (AvgIpc) is 3.12. The number of amides is 1. The van der Waals surface area contributed by atoms with Gasteiger partial charge in [-0.3, -0.25) is 9.48 Å². The molecule has 0 spiro atoms. The summed E-state index contributed by atoms with van der Waals surface area (Å²) in [4.78, 5) is 12.0. The van der Waals surface area contributed by atoms with E-state index in [1.165, 1.54) is 0 Å². The number of rotatable bonds is 5. The molecule has 1 N–H and O–H groups in total. The predicted octanol–water partition coefficient (Wildman–Crippen LogP) is 3.23. The Hall–Kier alpha value is -2.36. The van der Waals surface area contributed by atoms with Gasteiger partial charge in [0.05, 0.1) is 6.54 Å². The summed E-state index contributed by atoms with van der Waals surface area (Å²) in [6, 6.07) is 9.83. The maximum Gasteiger partial charge on any atom is 0.224 e. The number of aromatic nitrogens is 2. The van der Waals surface area contributed by atoms with Gasteiger partial charge in [0.2, 0.25) is 5.91 Å². The number of hydrogen-bond acceptors (Lipinski definition) is 2. The van der Waals surface area contributed by atoms with E-state index in [9.17, 15) is 4.79 Å². The van der Waals surface area contributed by atoms with Crippen molar-refractivity contribution in [3.63, 3.8) is 0 Å². The van der Waals surface area contributed by atoms with Crippen molar-refractivity contribution in [2.45, 2.75) is 25.8 Å². The van der Waals surface area contributed by atoms with Crippen LogP contribution in [0.25, 0.3) is 0 Å². The van der Waals surface area contributed by atoms with Gasteiger partial charge in [-0.05, 0) is 42.5 Å². The average molecular weight is 281 g/mol. The zero-order valence-corrected chi connectivity index (χ0v) is 11.9. The maximum absolute atomic E-state index is 12.0. The second-order valence-corrected chi connectivity index (χ2v) is 5.42. The van der Waals surface area contributed by atoms with Crippen molar-refractivity contribution in [1.29, 1.82) is 0 Å². The quantitative estimate of drug-likeness (QED) is 0.855. The largest absolute Gasteiger partial charge is 0.326 e. The molecule has 3 rings (SSSR count). The summed E-state index contributed by atoms with van der Waals surface area (Å²) in [6.45, 7) is 0.710. The molecule has 0 bridgehead atoms. The van der Waals surface area contributed by atoms with Crippen LogP contribution in [0.15, 0.2) is 54.9 Å². The first kappa shape index (κ1) is 13.6. The number of hydrogen-bond donors (Lipinski definition) is 1. The number of nitrogens with one attached hydrogen (secondary N) is 1. The van der Waals surface area contributed by atoms with E-state index in [0.717, 1.165) is 24.1 Å². The molecular formula is C17H19N3O. The van der Waals surface area contributed by atoms with Crippen LogP contribution in [-0.4, -0.2) is 15.7 Å². The van der Waals surface area contributed by atoms with Crippen molar-refractivity contribution in [3.05, 3.63) is 60.4 Å². The van der Waals surface area contributed by atoms with Crippen LogP contribution in [0, 0.1) is 5.92 Å². The van der Waals surface area contributed by atoms with E-state index in [1.807, 2.05) is 41.2 Å². The summed E-state index contributed by atoms with van der Waals surface area (Å²) in [6.07, 6.45) is 10.7. The molecule has 1 aromatic heterocycles. The third-order valence-electron chi connectivity index (χ3n) is 3.67. The van der Waals surface area contributed by atoms with Crippen LogP contribution in [0.3, 0.4) is 0 Å². The molecule has 0 saturated heterocycles. The van der Waals surface area contributed by atoms with Crippen LogP contribution in [0.4, 0.5) is 5.69 Å². The first-order chi connectivity index (χ1) is 10.3. The molecule has 1 unspecified atom stereocenters. The standard InChI is InChI=1S/C17H19N3O/c21-17(12-14-5-1-2-6-14)19-16-8-3-7-15(11-16)13-20-10-4-9-18-20/h1,3-5,7-11,14H,2,6,12-13H2,(H,19,21). The first-order valence-electron chi connectivity index (χ1n) is 7.32. The summed E-state index contributed by atoms with van der Waals surface area (Å²) in [5, 5.41) is 7.18. The Bertz CT molecular complexity index is 631. The number of allylic oxidation sites excluding steroid dienone is 2. The van der Waals surface area contributed by atoms with Gasteiger partial charge >= 0.3 is 0 Å². The van der Waals surface area contributed by atoms with Gasteiger partial charge in [-0.25, -0.2) is 0 Å². The summed E-state index contributed by atoms with van der Waals surface area (Å²) in [7, 11) is 0. The molecular weight excluding hydrogens is 262 g/mol. The summed E-state index contributed by atoms with van der Waals surface area (Å²) >= 11 is 0. The molecule has 1 aliphatic rings. The number of nitrogens with zero attached hydrogens (tertiary/aromatic N) is 2. The lowest BCUT2D eigenvalue weighted by atomic mass is 10.0. The summed E-state index contributed by atoms with van der Waals surface area (Å²) in [5.74, 6) is 0.486. The van der Waals surface area contributed by atoms with Gasteiger partial charge in [-0.1, -0.05) is 24.3 Å². The van der Waals surface area contributed by atoms with Crippen molar-refractivity contribution < 1.29 is 4.79 Å². The predicted molar refractivity (Wildman–Crippen MR) is 82.9 cm³/mol. The minimum Gasteiger partial charge on any atom is -0.326 e. The Kier molecular flexibility index (Phi) is 4.15. The van der Waals surface area contributed by atoms with Gasteiger partial charge < -0.3 is 5.32 Å². The van der Waals surface area contributed by atoms with Crippen LogP contribution >= 0.6 is 0 Å².